The zero-order valence-electron chi connectivity index (χ0n) is 10.4. The van der Waals surface area contributed by atoms with E-state index in [0.29, 0.717) is 0 Å². The van der Waals surface area contributed by atoms with Gasteiger partial charge in [0.15, 0.2) is 0 Å². The van der Waals surface area contributed by atoms with Gasteiger partial charge in [-0.2, -0.15) is 5.10 Å². The SMILES string of the molecule is Cc1ccc(C(C)(C)C)cc1-n1cccn1. The molecule has 0 amide bonds. The molecule has 0 aliphatic rings. The molecule has 0 bridgehead atoms. The summed E-state index contributed by atoms with van der Waals surface area (Å²) in [5, 5.41) is 4.29. The Morgan fingerprint density at radius 1 is 1.19 bits per heavy atom. The highest BCUT2D eigenvalue weighted by molar-refractivity contribution is 5.44. The Labute approximate surface area is 96.9 Å². The molecule has 0 atom stereocenters. The molecule has 2 rings (SSSR count). The topological polar surface area (TPSA) is 17.8 Å². The molecular formula is C14H18N2. The highest BCUT2D eigenvalue weighted by Gasteiger charge is 2.15. The molecule has 1 aromatic heterocycles. The van der Waals surface area contributed by atoms with Crippen molar-refractivity contribution >= 4 is 0 Å². The summed E-state index contributed by atoms with van der Waals surface area (Å²) in [5.74, 6) is 0. The maximum atomic E-state index is 4.29. The first-order valence-corrected chi connectivity index (χ1v) is 5.59. The van der Waals surface area contributed by atoms with Crippen molar-refractivity contribution in [2.45, 2.75) is 33.1 Å². The Hall–Kier alpha value is -1.57. The van der Waals surface area contributed by atoms with E-state index in [-0.39, 0.29) is 5.41 Å². The van der Waals surface area contributed by atoms with Crippen LogP contribution in [0.2, 0.25) is 0 Å². The van der Waals surface area contributed by atoms with Crippen LogP contribution in [0.4, 0.5) is 0 Å². The summed E-state index contributed by atoms with van der Waals surface area (Å²) in [6.45, 7) is 8.79. The second-order valence-corrected chi connectivity index (χ2v) is 5.20. The molecule has 0 aliphatic heterocycles. The van der Waals surface area contributed by atoms with Gasteiger partial charge in [-0.1, -0.05) is 32.9 Å². The molecule has 0 fully saturated rings. The molecular weight excluding hydrogens is 196 g/mol. The maximum Gasteiger partial charge on any atom is 0.0677 e. The molecule has 1 heterocycles. The minimum atomic E-state index is 0.176. The van der Waals surface area contributed by atoms with Crippen LogP contribution in [0.5, 0.6) is 0 Å². The minimum absolute atomic E-state index is 0.176. The van der Waals surface area contributed by atoms with E-state index in [4.69, 9.17) is 0 Å². The van der Waals surface area contributed by atoms with Gasteiger partial charge in [0, 0.05) is 12.4 Å². The van der Waals surface area contributed by atoms with E-state index < -0.39 is 0 Å². The average Bonchev–Trinajstić information content (AvgIpc) is 2.69. The molecule has 16 heavy (non-hydrogen) atoms. The molecule has 2 nitrogen and oxygen atoms in total. The molecule has 2 aromatic rings. The lowest BCUT2D eigenvalue weighted by molar-refractivity contribution is 0.589. The molecule has 84 valence electrons. The van der Waals surface area contributed by atoms with Crippen LogP contribution in [0, 0.1) is 6.92 Å². The van der Waals surface area contributed by atoms with Crippen LogP contribution < -0.4 is 0 Å². The lowest BCUT2D eigenvalue weighted by Crippen LogP contribution is -2.12. The fourth-order valence-corrected chi connectivity index (χ4v) is 1.73. The van der Waals surface area contributed by atoms with Gasteiger partial charge in [0.25, 0.3) is 0 Å². The highest BCUT2D eigenvalue weighted by Crippen LogP contribution is 2.25. The van der Waals surface area contributed by atoms with Gasteiger partial charge in [-0.15, -0.1) is 0 Å². The molecule has 1 aromatic carbocycles. The average molecular weight is 214 g/mol. The lowest BCUT2D eigenvalue weighted by Gasteiger charge is -2.20. The lowest BCUT2D eigenvalue weighted by atomic mass is 9.86. The van der Waals surface area contributed by atoms with Gasteiger partial charge in [-0.05, 0) is 35.6 Å². The second-order valence-electron chi connectivity index (χ2n) is 5.20. The fraction of sp³-hybridized carbons (Fsp3) is 0.357. The fourth-order valence-electron chi connectivity index (χ4n) is 1.73. The van der Waals surface area contributed by atoms with Gasteiger partial charge >= 0.3 is 0 Å². The van der Waals surface area contributed by atoms with E-state index in [2.05, 4.69) is 51.0 Å². The molecule has 0 spiro atoms. The van der Waals surface area contributed by atoms with Gasteiger partial charge < -0.3 is 0 Å². The van der Waals surface area contributed by atoms with Crippen molar-refractivity contribution < 1.29 is 0 Å². The first-order valence-electron chi connectivity index (χ1n) is 5.59. The van der Waals surface area contributed by atoms with Crippen molar-refractivity contribution in [1.82, 2.24) is 9.78 Å². The minimum Gasteiger partial charge on any atom is -0.241 e. The molecule has 0 unspecified atom stereocenters. The van der Waals surface area contributed by atoms with Crippen molar-refractivity contribution in [1.29, 1.82) is 0 Å². The number of rotatable bonds is 1. The summed E-state index contributed by atoms with van der Waals surface area (Å²) in [7, 11) is 0. The van der Waals surface area contributed by atoms with Crippen LogP contribution in [-0.4, -0.2) is 9.78 Å². The quantitative estimate of drug-likeness (QED) is 0.710. The summed E-state index contributed by atoms with van der Waals surface area (Å²) in [5.41, 5.74) is 3.92. The summed E-state index contributed by atoms with van der Waals surface area (Å²) in [6.07, 6.45) is 3.79. The zero-order valence-corrected chi connectivity index (χ0v) is 10.4. The predicted molar refractivity (Wildman–Crippen MR) is 67.0 cm³/mol. The Morgan fingerprint density at radius 2 is 1.94 bits per heavy atom. The van der Waals surface area contributed by atoms with Crippen LogP contribution >= 0.6 is 0 Å². The van der Waals surface area contributed by atoms with Crippen molar-refractivity contribution in [3.63, 3.8) is 0 Å². The van der Waals surface area contributed by atoms with Crippen LogP contribution in [0.25, 0.3) is 5.69 Å². The number of hydrogen-bond donors (Lipinski definition) is 0. The Morgan fingerprint density at radius 3 is 2.50 bits per heavy atom. The van der Waals surface area contributed by atoms with Crippen molar-refractivity contribution in [2.75, 3.05) is 0 Å². The van der Waals surface area contributed by atoms with E-state index >= 15 is 0 Å². The van der Waals surface area contributed by atoms with E-state index in [1.807, 2.05) is 23.1 Å². The number of benzene rings is 1. The second kappa shape index (κ2) is 3.78. The van der Waals surface area contributed by atoms with Crippen LogP contribution in [-0.2, 0) is 5.41 Å². The van der Waals surface area contributed by atoms with Gasteiger partial charge in [0.05, 0.1) is 5.69 Å². The molecule has 0 N–H and O–H groups in total. The predicted octanol–water partition coefficient (Wildman–Crippen LogP) is 3.48. The van der Waals surface area contributed by atoms with Crippen LogP contribution in [0.15, 0.2) is 36.7 Å². The van der Waals surface area contributed by atoms with E-state index in [0.717, 1.165) is 5.69 Å². The first-order chi connectivity index (χ1) is 7.48. The summed E-state index contributed by atoms with van der Waals surface area (Å²) < 4.78 is 1.92. The monoisotopic (exact) mass is 214 g/mol. The molecule has 0 saturated carbocycles. The third-order valence-corrected chi connectivity index (χ3v) is 2.83. The summed E-state index contributed by atoms with van der Waals surface area (Å²) >= 11 is 0. The molecule has 2 heteroatoms. The van der Waals surface area contributed by atoms with E-state index in [1.54, 1.807) is 0 Å². The zero-order chi connectivity index (χ0) is 11.8. The molecule has 0 saturated heterocycles. The first kappa shape index (κ1) is 10.9. The Kier molecular flexibility index (Phi) is 2.58. The number of aryl methyl sites for hydroxylation is 1. The standard InChI is InChI=1S/C14H18N2/c1-11-6-7-12(14(2,3)4)10-13(11)16-9-5-8-15-16/h5-10H,1-4H3. The van der Waals surface area contributed by atoms with Gasteiger partial charge in [-0.3, -0.25) is 0 Å². The van der Waals surface area contributed by atoms with Crippen molar-refractivity contribution in [3.8, 4) is 5.69 Å². The summed E-state index contributed by atoms with van der Waals surface area (Å²) in [6, 6.07) is 8.53. The van der Waals surface area contributed by atoms with E-state index in [1.165, 1.54) is 11.1 Å². The van der Waals surface area contributed by atoms with Crippen molar-refractivity contribution in [2.24, 2.45) is 0 Å². The molecule has 0 aliphatic carbocycles. The number of nitrogens with zero attached hydrogens (tertiary/aromatic N) is 2. The number of aromatic nitrogens is 2. The van der Waals surface area contributed by atoms with Gasteiger partial charge in [0.1, 0.15) is 0 Å². The number of hydrogen-bond acceptors (Lipinski definition) is 1. The largest absolute Gasteiger partial charge is 0.241 e. The Balaban J connectivity index is 2.54. The molecule has 0 radical (unpaired) electrons. The van der Waals surface area contributed by atoms with Gasteiger partial charge in [-0.25, -0.2) is 4.68 Å². The van der Waals surface area contributed by atoms with Crippen molar-refractivity contribution in [3.05, 3.63) is 47.8 Å². The normalized spacial score (nSPS) is 11.8. The Bertz CT molecular complexity index is 476. The smallest absolute Gasteiger partial charge is 0.0677 e. The third-order valence-electron chi connectivity index (χ3n) is 2.83. The summed E-state index contributed by atoms with van der Waals surface area (Å²) in [4.78, 5) is 0. The van der Waals surface area contributed by atoms with Crippen LogP contribution in [0.3, 0.4) is 0 Å². The van der Waals surface area contributed by atoms with Gasteiger partial charge in [0.2, 0.25) is 0 Å². The third kappa shape index (κ3) is 2.01. The van der Waals surface area contributed by atoms with Crippen LogP contribution in [0.1, 0.15) is 31.9 Å². The maximum absolute atomic E-state index is 4.29. The van der Waals surface area contributed by atoms with E-state index in [9.17, 15) is 0 Å². The highest BCUT2D eigenvalue weighted by atomic mass is 15.3.